The molecule has 0 atom stereocenters. The molecule has 0 saturated carbocycles. The van der Waals surface area contributed by atoms with Crippen LogP contribution in [0, 0.1) is 19.7 Å². The minimum absolute atomic E-state index is 0.132. The number of aryl methyl sites for hydroxylation is 2. The highest BCUT2D eigenvalue weighted by atomic mass is 19.1. The van der Waals surface area contributed by atoms with Gasteiger partial charge in [0.1, 0.15) is 5.82 Å². The maximum atomic E-state index is 13.2. The van der Waals surface area contributed by atoms with Crippen molar-refractivity contribution >= 4 is 16.8 Å². The number of Topliss-reactive ketones (excluding diaryl/α,β-unsaturated/α-hetero) is 1. The van der Waals surface area contributed by atoms with Gasteiger partial charge in [-0.1, -0.05) is 12.1 Å². The number of benzene rings is 2. The van der Waals surface area contributed by atoms with Crippen LogP contribution in [0.1, 0.15) is 21.5 Å². The quantitative estimate of drug-likeness (QED) is 0.687. The highest BCUT2D eigenvalue weighted by Gasteiger charge is 2.11. The van der Waals surface area contributed by atoms with Crippen LogP contribution >= 0.6 is 0 Å². The van der Waals surface area contributed by atoms with E-state index in [0.29, 0.717) is 5.56 Å². The Morgan fingerprint density at radius 2 is 1.95 bits per heavy atom. The van der Waals surface area contributed by atoms with Gasteiger partial charge in [0.05, 0.1) is 23.9 Å². The van der Waals surface area contributed by atoms with E-state index in [1.54, 1.807) is 23.0 Å². The lowest BCUT2D eigenvalue weighted by Crippen LogP contribution is -2.09. The van der Waals surface area contributed by atoms with Crippen LogP contribution in [0.25, 0.3) is 11.0 Å². The fourth-order valence-corrected chi connectivity index (χ4v) is 2.35. The van der Waals surface area contributed by atoms with Gasteiger partial charge in [0.15, 0.2) is 5.78 Å². The lowest BCUT2D eigenvalue weighted by Gasteiger charge is -2.06. The van der Waals surface area contributed by atoms with Gasteiger partial charge in [-0.2, -0.15) is 0 Å². The monoisotopic (exact) mass is 282 g/mol. The Bertz CT molecular complexity index is 836. The molecule has 0 amide bonds. The summed E-state index contributed by atoms with van der Waals surface area (Å²) in [7, 11) is 0. The molecule has 0 unspecified atom stereocenters. The van der Waals surface area contributed by atoms with Crippen molar-refractivity contribution in [3.05, 3.63) is 65.2 Å². The zero-order valence-corrected chi connectivity index (χ0v) is 11.9. The molecule has 106 valence electrons. The van der Waals surface area contributed by atoms with Crippen LogP contribution in [0.5, 0.6) is 0 Å². The van der Waals surface area contributed by atoms with Crippen molar-refractivity contribution in [2.75, 3.05) is 0 Å². The Hall–Kier alpha value is -2.49. The number of rotatable bonds is 3. The van der Waals surface area contributed by atoms with E-state index in [0.717, 1.165) is 16.6 Å². The number of hydrogen-bond donors (Lipinski definition) is 0. The number of imidazole rings is 1. The highest BCUT2D eigenvalue weighted by Crippen LogP contribution is 2.19. The molecule has 1 aromatic heterocycles. The molecule has 1 heterocycles. The molecular weight excluding hydrogens is 267 g/mol. The number of aromatic nitrogens is 2. The first-order valence-electron chi connectivity index (χ1n) is 6.75. The molecule has 0 aliphatic heterocycles. The molecule has 0 fully saturated rings. The fourth-order valence-electron chi connectivity index (χ4n) is 2.35. The van der Waals surface area contributed by atoms with E-state index in [9.17, 15) is 9.18 Å². The molecule has 3 nitrogen and oxygen atoms in total. The van der Waals surface area contributed by atoms with Gasteiger partial charge in [0, 0.05) is 5.56 Å². The number of halogens is 1. The standard InChI is InChI=1S/C17H15FN2O/c1-11-6-15-16(7-12(11)2)20(10-19-15)9-17(21)13-4-3-5-14(18)8-13/h3-8,10H,9H2,1-2H3. The van der Waals surface area contributed by atoms with Gasteiger partial charge in [-0.25, -0.2) is 9.37 Å². The van der Waals surface area contributed by atoms with Gasteiger partial charge in [-0.15, -0.1) is 0 Å². The molecule has 0 spiro atoms. The van der Waals surface area contributed by atoms with E-state index >= 15 is 0 Å². The largest absolute Gasteiger partial charge is 0.323 e. The van der Waals surface area contributed by atoms with E-state index < -0.39 is 5.82 Å². The van der Waals surface area contributed by atoms with E-state index in [-0.39, 0.29) is 12.3 Å². The molecule has 0 saturated heterocycles. The number of carbonyl (C=O) groups is 1. The summed E-state index contributed by atoms with van der Waals surface area (Å²) >= 11 is 0. The average Bonchev–Trinajstić information content (AvgIpc) is 2.82. The van der Waals surface area contributed by atoms with Gasteiger partial charge in [-0.05, 0) is 49.2 Å². The van der Waals surface area contributed by atoms with Crippen molar-refractivity contribution in [1.29, 1.82) is 0 Å². The lowest BCUT2D eigenvalue weighted by atomic mass is 10.1. The maximum Gasteiger partial charge on any atom is 0.182 e. The molecule has 0 aliphatic carbocycles. The minimum atomic E-state index is -0.400. The molecule has 0 bridgehead atoms. The smallest absolute Gasteiger partial charge is 0.182 e. The Balaban J connectivity index is 1.95. The maximum absolute atomic E-state index is 13.2. The van der Waals surface area contributed by atoms with Crippen LogP contribution in [-0.2, 0) is 6.54 Å². The van der Waals surface area contributed by atoms with E-state index in [4.69, 9.17) is 0 Å². The molecule has 3 aromatic rings. The second-order valence-electron chi connectivity index (χ2n) is 5.23. The summed E-state index contributed by atoms with van der Waals surface area (Å²) < 4.78 is 15.0. The fraction of sp³-hybridized carbons (Fsp3) is 0.176. The molecule has 3 rings (SSSR count). The van der Waals surface area contributed by atoms with Crippen LogP contribution in [0.15, 0.2) is 42.7 Å². The molecular formula is C17H15FN2O. The first kappa shape index (κ1) is 13.5. The van der Waals surface area contributed by atoms with Crippen LogP contribution in [-0.4, -0.2) is 15.3 Å². The first-order chi connectivity index (χ1) is 10.0. The predicted molar refractivity (Wildman–Crippen MR) is 79.9 cm³/mol. The number of nitrogens with zero attached hydrogens (tertiary/aromatic N) is 2. The van der Waals surface area contributed by atoms with Crippen LogP contribution in [0.2, 0.25) is 0 Å². The second kappa shape index (κ2) is 5.13. The number of carbonyl (C=O) groups excluding carboxylic acids is 1. The summed E-state index contributed by atoms with van der Waals surface area (Å²) in [5.41, 5.74) is 4.49. The van der Waals surface area contributed by atoms with Crippen molar-refractivity contribution in [2.45, 2.75) is 20.4 Å². The Kier molecular flexibility index (Phi) is 3.29. The normalized spacial score (nSPS) is 11.0. The predicted octanol–water partition coefficient (Wildman–Crippen LogP) is 3.68. The summed E-state index contributed by atoms with van der Waals surface area (Å²) in [4.78, 5) is 16.6. The van der Waals surface area contributed by atoms with Gasteiger partial charge < -0.3 is 4.57 Å². The molecule has 0 N–H and O–H groups in total. The van der Waals surface area contributed by atoms with Gasteiger partial charge >= 0.3 is 0 Å². The van der Waals surface area contributed by atoms with Crippen LogP contribution in [0.3, 0.4) is 0 Å². The summed E-state index contributed by atoms with van der Waals surface area (Å²) in [5, 5.41) is 0. The van der Waals surface area contributed by atoms with Crippen molar-refractivity contribution in [3.63, 3.8) is 0 Å². The first-order valence-corrected chi connectivity index (χ1v) is 6.75. The molecule has 2 aromatic carbocycles. The Labute approximate surface area is 122 Å². The van der Waals surface area contributed by atoms with Gasteiger partial charge in [-0.3, -0.25) is 4.79 Å². The SMILES string of the molecule is Cc1cc2ncn(CC(=O)c3cccc(F)c3)c2cc1C. The lowest BCUT2D eigenvalue weighted by molar-refractivity contribution is 0.0973. The molecule has 4 heteroatoms. The van der Waals surface area contributed by atoms with Crippen molar-refractivity contribution < 1.29 is 9.18 Å². The highest BCUT2D eigenvalue weighted by molar-refractivity contribution is 5.96. The third-order valence-electron chi connectivity index (χ3n) is 3.70. The van der Waals surface area contributed by atoms with Crippen molar-refractivity contribution in [2.24, 2.45) is 0 Å². The van der Waals surface area contributed by atoms with E-state index in [1.165, 1.54) is 17.7 Å². The number of fused-ring (bicyclic) bond motifs is 1. The average molecular weight is 282 g/mol. The zero-order chi connectivity index (χ0) is 15.0. The molecule has 0 radical (unpaired) electrons. The Morgan fingerprint density at radius 3 is 2.71 bits per heavy atom. The van der Waals surface area contributed by atoms with Crippen LogP contribution < -0.4 is 0 Å². The Morgan fingerprint density at radius 1 is 1.19 bits per heavy atom. The topological polar surface area (TPSA) is 34.9 Å². The third-order valence-corrected chi connectivity index (χ3v) is 3.70. The number of ketones is 1. The summed E-state index contributed by atoms with van der Waals surface area (Å²) in [6.07, 6.45) is 1.65. The third kappa shape index (κ3) is 2.57. The summed E-state index contributed by atoms with van der Waals surface area (Å²) in [5.74, 6) is -0.533. The van der Waals surface area contributed by atoms with E-state index in [2.05, 4.69) is 4.98 Å². The second-order valence-corrected chi connectivity index (χ2v) is 5.23. The van der Waals surface area contributed by atoms with E-state index in [1.807, 2.05) is 26.0 Å². The summed E-state index contributed by atoms with van der Waals surface area (Å²) in [6, 6.07) is 9.79. The minimum Gasteiger partial charge on any atom is -0.323 e. The van der Waals surface area contributed by atoms with Crippen molar-refractivity contribution in [3.8, 4) is 0 Å². The van der Waals surface area contributed by atoms with Crippen LogP contribution in [0.4, 0.5) is 4.39 Å². The number of hydrogen-bond acceptors (Lipinski definition) is 2. The zero-order valence-electron chi connectivity index (χ0n) is 11.9. The summed E-state index contributed by atoms with van der Waals surface area (Å²) in [6.45, 7) is 4.22. The molecule has 0 aliphatic rings. The van der Waals surface area contributed by atoms with Crippen molar-refractivity contribution in [1.82, 2.24) is 9.55 Å². The van der Waals surface area contributed by atoms with Gasteiger partial charge in [0.25, 0.3) is 0 Å². The van der Waals surface area contributed by atoms with Gasteiger partial charge in [0.2, 0.25) is 0 Å². The molecule has 21 heavy (non-hydrogen) atoms.